The number of rotatable bonds is 4. The van der Waals surface area contributed by atoms with Gasteiger partial charge in [0.1, 0.15) is 23.1 Å². The molecular formula is C30H33FN6O3. The Balaban J connectivity index is 1.57. The summed E-state index contributed by atoms with van der Waals surface area (Å²) in [7, 11) is 0. The summed E-state index contributed by atoms with van der Waals surface area (Å²) in [5.74, 6) is 0.163. The SMILES string of the molecule is Cc1nc(-c2ccc(C(=O)N(c3nccc4cccc(C)c34)[C@@H]3CCCN(C(=O)OC(C)(C)C)C3)c(F)c2)n[nH]1. The van der Waals surface area contributed by atoms with Gasteiger partial charge < -0.3 is 9.64 Å². The summed E-state index contributed by atoms with van der Waals surface area (Å²) in [4.78, 5) is 39.3. The maximum absolute atomic E-state index is 15.6. The Kier molecular flexibility index (Phi) is 7.27. The lowest BCUT2D eigenvalue weighted by Crippen LogP contribution is -2.53. The number of aryl methyl sites for hydroxylation is 2. The Morgan fingerprint density at radius 3 is 2.65 bits per heavy atom. The number of H-pyrrole nitrogens is 1. The Bertz CT molecular complexity index is 1570. The van der Waals surface area contributed by atoms with E-state index in [2.05, 4.69) is 20.2 Å². The molecule has 5 rings (SSSR count). The topological polar surface area (TPSA) is 104 Å². The zero-order chi connectivity index (χ0) is 28.6. The minimum Gasteiger partial charge on any atom is -0.444 e. The van der Waals surface area contributed by atoms with Gasteiger partial charge in [-0.05, 0) is 76.6 Å². The molecule has 0 unspecified atom stereocenters. The molecule has 1 N–H and O–H groups in total. The predicted octanol–water partition coefficient (Wildman–Crippen LogP) is 5.82. The molecule has 1 aliphatic rings. The number of benzene rings is 2. The van der Waals surface area contributed by atoms with Gasteiger partial charge in [-0.1, -0.05) is 24.3 Å². The number of pyridine rings is 1. The number of piperidine rings is 1. The smallest absolute Gasteiger partial charge is 0.410 e. The highest BCUT2D eigenvalue weighted by Gasteiger charge is 2.36. The number of anilines is 1. The standard InChI is InChI=1S/C30H33FN6O3/c1-18-8-6-9-20-13-14-32-27(25(18)20)37(22-10-7-15-36(17-22)29(39)40-30(3,4)5)28(38)23-12-11-21(16-24(23)31)26-33-19(2)34-35-26/h6,8-9,11-14,16,22H,7,10,15,17H2,1-5H3,(H,33,34,35)/t22-/m1/s1. The number of hydrogen-bond donors (Lipinski definition) is 1. The molecule has 1 aliphatic heterocycles. The summed E-state index contributed by atoms with van der Waals surface area (Å²) < 4.78 is 21.2. The first-order valence-electron chi connectivity index (χ1n) is 13.4. The van der Waals surface area contributed by atoms with Crippen LogP contribution in [0.4, 0.5) is 15.0 Å². The van der Waals surface area contributed by atoms with Gasteiger partial charge in [-0.3, -0.25) is 14.8 Å². The van der Waals surface area contributed by atoms with Gasteiger partial charge in [-0.2, -0.15) is 5.10 Å². The summed E-state index contributed by atoms with van der Waals surface area (Å²) in [5, 5.41) is 8.56. The van der Waals surface area contributed by atoms with Crippen LogP contribution in [0.15, 0.2) is 48.7 Å². The average molecular weight is 545 g/mol. The third-order valence-electron chi connectivity index (χ3n) is 6.89. The Morgan fingerprint density at radius 1 is 1.15 bits per heavy atom. The van der Waals surface area contributed by atoms with Crippen LogP contribution >= 0.6 is 0 Å². The summed E-state index contributed by atoms with van der Waals surface area (Å²) >= 11 is 0. The van der Waals surface area contributed by atoms with Gasteiger partial charge in [-0.15, -0.1) is 0 Å². The second-order valence-electron chi connectivity index (χ2n) is 11.1. The summed E-state index contributed by atoms with van der Waals surface area (Å²) in [6.45, 7) is 9.91. The molecular weight excluding hydrogens is 511 g/mol. The van der Waals surface area contributed by atoms with E-state index in [0.717, 1.165) is 16.3 Å². The molecule has 2 aromatic carbocycles. The number of nitrogens with one attached hydrogen (secondary N) is 1. The lowest BCUT2D eigenvalue weighted by Gasteiger charge is -2.39. The van der Waals surface area contributed by atoms with E-state index >= 15 is 4.39 Å². The Hall–Kier alpha value is -4.34. The molecule has 0 radical (unpaired) electrons. The fourth-order valence-corrected chi connectivity index (χ4v) is 5.09. The van der Waals surface area contributed by atoms with Crippen molar-refractivity contribution in [2.75, 3.05) is 18.0 Å². The van der Waals surface area contributed by atoms with Gasteiger partial charge in [-0.25, -0.2) is 19.2 Å². The van der Waals surface area contributed by atoms with E-state index in [-0.39, 0.29) is 12.1 Å². The molecule has 3 heterocycles. The molecule has 1 saturated heterocycles. The first kappa shape index (κ1) is 27.2. The van der Waals surface area contributed by atoms with Gasteiger partial charge in [0.05, 0.1) is 11.6 Å². The average Bonchev–Trinajstić information content (AvgIpc) is 3.34. The maximum atomic E-state index is 15.6. The van der Waals surface area contributed by atoms with Gasteiger partial charge in [0, 0.05) is 30.2 Å². The van der Waals surface area contributed by atoms with Crippen LogP contribution in [0, 0.1) is 19.7 Å². The van der Waals surface area contributed by atoms with Crippen LogP contribution in [0.3, 0.4) is 0 Å². The molecule has 0 aliphatic carbocycles. The van der Waals surface area contributed by atoms with Crippen molar-refractivity contribution in [3.63, 3.8) is 0 Å². The lowest BCUT2D eigenvalue weighted by atomic mass is 10.00. The van der Waals surface area contributed by atoms with Crippen molar-refractivity contribution >= 4 is 28.6 Å². The van der Waals surface area contributed by atoms with Crippen LogP contribution in [0.1, 0.15) is 55.4 Å². The van der Waals surface area contributed by atoms with Crippen LogP contribution in [-0.4, -0.2) is 61.8 Å². The molecule has 0 bridgehead atoms. The van der Waals surface area contributed by atoms with Gasteiger partial charge >= 0.3 is 6.09 Å². The molecule has 0 spiro atoms. The van der Waals surface area contributed by atoms with Crippen molar-refractivity contribution in [3.05, 3.63) is 71.4 Å². The number of fused-ring (bicyclic) bond motifs is 1. The minimum atomic E-state index is -0.688. The van der Waals surface area contributed by atoms with Crippen LogP contribution in [0.25, 0.3) is 22.2 Å². The number of likely N-dealkylation sites (tertiary alicyclic amines) is 1. The van der Waals surface area contributed by atoms with Gasteiger partial charge in [0.2, 0.25) is 0 Å². The number of aromatic nitrogens is 4. The first-order chi connectivity index (χ1) is 19.0. The molecule has 0 saturated carbocycles. The highest BCUT2D eigenvalue weighted by Crippen LogP contribution is 2.33. The molecule has 1 fully saturated rings. The van der Waals surface area contributed by atoms with Crippen molar-refractivity contribution < 1.29 is 18.7 Å². The fraction of sp³-hybridized carbons (Fsp3) is 0.367. The maximum Gasteiger partial charge on any atom is 0.410 e. The van der Waals surface area contributed by atoms with Crippen molar-refractivity contribution in [2.45, 2.75) is 59.1 Å². The molecule has 40 heavy (non-hydrogen) atoms. The van der Waals surface area contributed by atoms with Crippen molar-refractivity contribution in [2.24, 2.45) is 0 Å². The zero-order valence-corrected chi connectivity index (χ0v) is 23.4. The van der Waals surface area contributed by atoms with E-state index in [1.807, 2.05) is 52.0 Å². The summed E-state index contributed by atoms with van der Waals surface area (Å²) in [6, 6.07) is 11.7. The van der Waals surface area contributed by atoms with Crippen molar-refractivity contribution in [3.8, 4) is 11.4 Å². The third kappa shape index (κ3) is 5.52. The van der Waals surface area contributed by atoms with Crippen LogP contribution in [-0.2, 0) is 4.74 Å². The molecule has 4 aromatic rings. The van der Waals surface area contributed by atoms with Gasteiger partial charge in [0.15, 0.2) is 5.82 Å². The largest absolute Gasteiger partial charge is 0.444 e. The number of amides is 2. The first-order valence-corrected chi connectivity index (χ1v) is 13.4. The normalized spacial score (nSPS) is 15.8. The molecule has 9 nitrogen and oxygen atoms in total. The van der Waals surface area contributed by atoms with E-state index in [1.54, 1.807) is 29.0 Å². The number of carbonyl (C=O) groups is 2. The predicted molar refractivity (Wildman–Crippen MR) is 151 cm³/mol. The van der Waals surface area contributed by atoms with E-state index in [1.165, 1.54) is 12.1 Å². The number of aromatic amines is 1. The quantitative estimate of drug-likeness (QED) is 0.347. The number of carbonyl (C=O) groups excluding carboxylic acids is 2. The summed E-state index contributed by atoms with van der Waals surface area (Å²) in [6.07, 6.45) is 2.48. The van der Waals surface area contributed by atoms with Crippen LogP contribution < -0.4 is 4.90 Å². The molecule has 208 valence electrons. The summed E-state index contributed by atoms with van der Waals surface area (Å²) in [5.41, 5.74) is 0.644. The Labute approximate surface area is 232 Å². The highest BCUT2D eigenvalue weighted by atomic mass is 19.1. The van der Waals surface area contributed by atoms with E-state index in [0.29, 0.717) is 42.4 Å². The third-order valence-corrected chi connectivity index (χ3v) is 6.89. The van der Waals surface area contributed by atoms with Crippen molar-refractivity contribution in [1.82, 2.24) is 25.1 Å². The van der Waals surface area contributed by atoms with Gasteiger partial charge in [0.25, 0.3) is 5.91 Å². The molecule has 2 amide bonds. The highest BCUT2D eigenvalue weighted by molar-refractivity contribution is 6.11. The number of halogens is 1. The minimum absolute atomic E-state index is 0.0993. The van der Waals surface area contributed by atoms with Crippen molar-refractivity contribution in [1.29, 1.82) is 0 Å². The molecule has 1 atom stereocenters. The number of ether oxygens (including phenoxy) is 1. The van der Waals surface area contributed by atoms with Crippen LogP contribution in [0.2, 0.25) is 0 Å². The lowest BCUT2D eigenvalue weighted by molar-refractivity contribution is 0.0196. The second-order valence-corrected chi connectivity index (χ2v) is 11.1. The van der Waals surface area contributed by atoms with Crippen LogP contribution in [0.5, 0.6) is 0 Å². The number of nitrogens with zero attached hydrogens (tertiary/aromatic N) is 5. The monoisotopic (exact) mass is 544 g/mol. The second kappa shape index (κ2) is 10.7. The molecule has 2 aromatic heterocycles. The van der Waals surface area contributed by atoms with E-state index in [9.17, 15) is 9.59 Å². The van der Waals surface area contributed by atoms with E-state index < -0.39 is 29.5 Å². The fourth-order valence-electron chi connectivity index (χ4n) is 5.09. The number of hydrogen-bond acceptors (Lipinski definition) is 6. The zero-order valence-electron chi connectivity index (χ0n) is 23.4. The molecule has 10 heteroatoms. The Morgan fingerprint density at radius 2 is 1.95 bits per heavy atom. The van der Waals surface area contributed by atoms with E-state index in [4.69, 9.17) is 4.74 Å².